The van der Waals surface area contributed by atoms with Crippen LogP contribution in [0, 0.1) is 6.92 Å². The number of alkyl halides is 3. The van der Waals surface area contributed by atoms with Crippen LogP contribution >= 0.6 is 0 Å². The molecule has 1 aromatic carbocycles. The Balaban J connectivity index is 1.78. The van der Waals surface area contributed by atoms with Crippen molar-refractivity contribution in [3.05, 3.63) is 41.7 Å². The van der Waals surface area contributed by atoms with Gasteiger partial charge in [0.25, 0.3) is 5.91 Å². The summed E-state index contributed by atoms with van der Waals surface area (Å²) in [6, 6.07) is 3.44. The van der Waals surface area contributed by atoms with Gasteiger partial charge in [0.15, 0.2) is 5.82 Å². The maximum Gasteiger partial charge on any atom is 0.416 e. The smallest absolute Gasteiger partial charge is 0.273 e. The van der Waals surface area contributed by atoms with Crippen molar-refractivity contribution in [2.75, 3.05) is 6.54 Å². The molecule has 1 saturated heterocycles. The highest BCUT2D eigenvalue weighted by atomic mass is 19.4. The van der Waals surface area contributed by atoms with Crippen LogP contribution in [0.25, 0.3) is 17.6 Å². The minimum atomic E-state index is -4.47. The summed E-state index contributed by atoms with van der Waals surface area (Å²) < 4.78 is 40.3. The number of rotatable bonds is 4. The molecule has 2 heterocycles. The molecule has 1 aliphatic heterocycles. The third kappa shape index (κ3) is 4.47. The maximum atomic E-state index is 13.0. The van der Waals surface area contributed by atoms with Crippen molar-refractivity contribution < 1.29 is 22.8 Å². The number of aromatic nitrogens is 3. The molecule has 7 nitrogen and oxygen atoms in total. The van der Waals surface area contributed by atoms with Gasteiger partial charge in [-0.15, -0.1) is 5.10 Å². The van der Waals surface area contributed by atoms with Gasteiger partial charge in [-0.3, -0.25) is 9.59 Å². The molecule has 2 amide bonds. The van der Waals surface area contributed by atoms with Crippen LogP contribution in [0.5, 0.6) is 0 Å². The van der Waals surface area contributed by atoms with E-state index in [1.54, 1.807) is 13.0 Å². The topological polar surface area (TPSA) is 71.3 Å². The second-order valence-corrected chi connectivity index (χ2v) is 6.99. The lowest BCUT2D eigenvalue weighted by Gasteiger charge is -2.30. The summed E-state index contributed by atoms with van der Waals surface area (Å²) in [7, 11) is 0. The zero-order chi connectivity index (χ0) is 21.3. The van der Waals surface area contributed by atoms with Gasteiger partial charge in [0.1, 0.15) is 6.33 Å². The fourth-order valence-electron chi connectivity index (χ4n) is 3.12. The maximum absolute atomic E-state index is 13.0. The molecule has 0 radical (unpaired) electrons. The predicted octanol–water partition coefficient (Wildman–Crippen LogP) is 3.13. The first-order chi connectivity index (χ1) is 13.6. The van der Waals surface area contributed by atoms with Gasteiger partial charge in [-0.2, -0.15) is 13.2 Å². The van der Waals surface area contributed by atoms with Crippen molar-refractivity contribution in [2.45, 2.75) is 39.4 Å². The summed E-state index contributed by atoms with van der Waals surface area (Å²) in [6.07, 6.45) is -0.320. The summed E-state index contributed by atoms with van der Waals surface area (Å²) >= 11 is 0. The molecule has 1 aliphatic rings. The molecule has 0 atom stereocenters. The minimum absolute atomic E-state index is 0.108. The first kappa shape index (κ1) is 20.6. The Morgan fingerprint density at radius 1 is 1.24 bits per heavy atom. The number of carbonyl (C=O) groups excluding carboxylic acids is 2. The van der Waals surface area contributed by atoms with Crippen LogP contribution in [-0.4, -0.2) is 49.2 Å². The number of hydrazine groups is 1. The lowest BCUT2D eigenvalue weighted by Crippen LogP contribution is -2.46. The highest BCUT2D eigenvalue weighted by molar-refractivity contribution is 5.93. The highest BCUT2D eigenvalue weighted by Gasteiger charge is 2.33. The number of benzene rings is 1. The van der Waals surface area contributed by atoms with Crippen molar-refractivity contribution in [3.8, 4) is 11.4 Å². The van der Waals surface area contributed by atoms with E-state index < -0.39 is 17.6 Å². The normalized spacial score (nSPS) is 15.2. The lowest BCUT2D eigenvalue weighted by atomic mass is 10.1. The van der Waals surface area contributed by atoms with Gasteiger partial charge in [0, 0.05) is 30.3 Å². The monoisotopic (exact) mass is 407 g/mol. The molecule has 0 spiro atoms. The van der Waals surface area contributed by atoms with Gasteiger partial charge in [0.2, 0.25) is 5.91 Å². The molecule has 29 heavy (non-hydrogen) atoms. The molecule has 1 aromatic heterocycles. The molecule has 2 aromatic rings. The highest BCUT2D eigenvalue weighted by Crippen LogP contribution is 2.32. The molecule has 1 fully saturated rings. The second-order valence-electron chi connectivity index (χ2n) is 6.99. The second kappa shape index (κ2) is 7.69. The van der Waals surface area contributed by atoms with E-state index in [2.05, 4.69) is 10.1 Å². The minimum Gasteiger partial charge on any atom is -0.273 e. The molecule has 0 N–H and O–H groups in total. The van der Waals surface area contributed by atoms with Gasteiger partial charge < -0.3 is 0 Å². The van der Waals surface area contributed by atoms with Crippen LogP contribution in [0.2, 0.25) is 0 Å². The van der Waals surface area contributed by atoms with E-state index in [9.17, 15) is 22.8 Å². The van der Waals surface area contributed by atoms with Gasteiger partial charge in [-0.1, -0.05) is 0 Å². The molecule has 0 saturated carbocycles. The molecular formula is C19H20F3N5O2. The summed E-state index contributed by atoms with van der Waals surface area (Å²) in [6.45, 7) is 5.49. The van der Waals surface area contributed by atoms with Crippen LogP contribution in [0.4, 0.5) is 13.2 Å². The van der Waals surface area contributed by atoms with Crippen molar-refractivity contribution in [1.82, 2.24) is 24.8 Å². The molecular weight excluding hydrogens is 387 g/mol. The first-order valence-corrected chi connectivity index (χ1v) is 8.98. The SMILES string of the molecule is Cc1cc(-c2ncn(/C=C\C(=O)N3CCC(=O)N3C(C)C)n2)cc(C(F)(F)F)c1. The summed E-state index contributed by atoms with van der Waals surface area (Å²) in [5.41, 5.74) is -0.113. The summed E-state index contributed by atoms with van der Waals surface area (Å²) in [4.78, 5) is 28.3. The van der Waals surface area contributed by atoms with E-state index in [0.717, 1.165) is 12.1 Å². The lowest BCUT2D eigenvalue weighted by molar-refractivity contribution is -0.153. The first-order valence-electron chi connectivity index (χ1n) is 8.98. The van der Waals surface area contributed by atoms with E-state index in [4.69, 9.17) is 0 Å². The largest absolute Gasteiger partial charge is 0.416 e. The number of amides is 2. The molecule has 3 rings (SSSR count). The van der Waals surface area contributed by atoms with Crippen LogP contribution in [0.1, 0.15) is 31.4 Å². The molecule has 0 unspecified atom stereocenters. The van der Waals surface area contributed by atoms with Gasteiger partial charge in [0.05, 0.1) is 12.1 Å². The Hall–Kier alpha value is -3.17. The van der Waals surface area contributed by atoms with Crippen LogP contribution in [0.15, 0.2) is 30.6 Å². The fourth-order valence-corrected chi connectivity index (χ4v) is 3.12. The Kier molecular flexibility index (Phi) is 5.45. The van der Waals surface area contributed by atoms with Gasteiger partial charge >= 0.3 is 6.18 Å². The van der Waals surface area contributed by atoms with E-state index in [1.807, 2.05) is 13.8 Å². The number of hydrogen-bond donors (Lipinski definition) is 0. The Morgan fingerprint density at radius 2 is 1.97 bits per heavy atom. The average molecular weight is 407 g/mol. The number of halogens is 3. The molecule has 154 valence electrons. The predicted molar refractivity (Wildman–Crippen MR) is 98.8 cm³/mol. The zero-order valence-corrected chi connectivity index (χ0v) is 16.1. The summed E-state index contributed by atoms with van der Waals surface area (Å²) in [5, 5.41) is 6.88. The zero-order valence-electron chi connectivity index (χ0n) is 16.1. The van der Waals surface area contributed by atoms with Gasteiger partial charge in [-0.25, -0.2) is 19.7 Å². The third-order valence-electron chi connectivity index (χ3n) is 4.34. The Labute approximate surface area is 165 Å². The van der Waals surface area contributed by atoms with Crippen LogP contribution in [0.3, 0.4) is 0 Å². The standard InChI is InChI=1S/C19H20F3N5O2/c1-12(2)27-17(29)5-7-26(27)16(28)4-6-25-11-23-18(24-25)14-8-13(3)9-15(10-14)19(20,21)22/h4,6,8-12H,5,7H2,1-3H3/b6-4-. The van der Waals surface area contributed by atoms with E-state index in [0.29, 0.717) is 12.1 Å². The van der Waals surface area contributed by atoms with Crippen LogP contribution < -0.4 is 0 Å². The molecule has 0 aliphatic carbocycles. The van der Waals surface area contributed by atoms with E-state index in [1.165, 1.54) is 33.3 Å². The van der Waals surface area contributed by atoms with E-state index >= 15 is 0 Å². The average Bonchev–Trinajstić information content (AvgIpc) is 3.25. The third-order valence-corrected chi connectivity index (χ3v) is 4.34. The number of carbonyl (C=O) groups is 2. The Bertz CT molecular complexity index is 965. The van der Waals surface area contributed by atoms with Crippen molar-refractivity contribution in [1.29, 1.82) is 0 Å². The van der Waals surface area contributed by atoms with E-state index in [-0.39, 0.29) is 29.8 Å². The van der Waals surface area contributed by atoms with Crippen molar-refractivity contribution >= 4 is 18.0 Å². The van der Waals surface area contributed by atoms with Crippen molar-refractivity contribution in [3.63, 3.8) is 0 Å². The number of aryl methyl sites for hydroxylation is 1. The quantitative estimate of drug-likeness (QED) is 0.730. The number of hydrogen-bond acceptors (Lipinski definition) is 4. The van der Waals surface area contributed by atoms with Crippen LogP contribution in [-0.2, 0) is 15.8 Å². The summed E-state index contributed by atoms with van der Waals surface area (Å²) in [5.74, 6) is -0.405. The fraction of sp³-hybridized carbons (Fsp3) is 0.368. The van der Waals surface area contributed by atoms with Gasteiger partial charge in [-0.05, 0) is 44.5 Å². The number of nitrogens with zero attached hydrogens (tertiary/aromatic N) is 5. The Morgan fingerprint density at radius 3 is 2.62 bits per heavy atom. The molecule has 0 bridgehead atoms. The van der Waals surface area contributed by atoms with Crippen molar-refractivity contribution in [2.24, 2.45) is 0 Å². The molecule has 10 heteroatoms.